The molecule has 2 heterocycles. The highest BCUT2D eigenvalue weighted by atomic mass is 16.2. The highest BCUT2D eigenvalue weighted by Gasteiger charge is 2.21. The van der Waals surface area contributed by atoms with Gasteiger partial charge in [0, 0.05) is 43.4 Å². The number of benzene rings is 1. The van der Waals surface area contributed by atoms with Crippen molar-refractivity contribution in [2.45, 2.75) is 26.4 Å². The third-order valence-corrected chi connectivity index (χ3v) is 4.70. The van der Waals surface area contributed by atoms with Crippen LogP contribution in [0.5, 0.6) is 0 Å². The zero-order valence-electron chi connectivity index (χ0n) is 15.8. The van der Waals surface area contributed by atoms with Crippen molar-refractivity contribution in [2.75, 3.05) is 12.4 Å². The van der Waals surface area contributed by atoms with Crippen LogP contribution < -0.4 is 5.32 Å². The van der Waals surface area contributed by atoms with Gasteiger partial charge in [-0.05, 0) is 49.2 Å². The summed E-state index contributed by atoms with van der Waals surface area (Å²) in [6.45, 7) is 4.57. The van der Waals surface area contributed by atoms with E-state index in [2.05, 4.69) is 20.3 Å². The van der Waals surface area contributed by atoms with Gasteiger partial charge < -0.3 is 10.2 Å². The van der Waals surface area contributed by atoms with Crippen molar-refractivity contribution in [1.82, 2.24) is 19.9 Å². The van der Waals surface area contributed by atoms with Gasteiger partial charge in [-0.1, -0.05) is 12.1 Å². The van der Waals surface area contributed by atoms with Gasteiger partial charge in [-0.2, -0.15) is 0 Å². The predicted molar refractivity (Wildman–Crippen MR) is 105 cm³/mol. The van der Waals surface area contributed by atoms with Gasteiger partial charge in [-0.3, -0.25) is 9.78 Å². The summed E-state index contributed by atoms with van der Waals surface area (Å²) in [6, 6.07) is 11.3. The molecule has 0 aliphatic carbocycles. The summed E-state index contributed by atoms with van der Waals surface area (Å²) in [7, 11) is 1.80. The smallest absolute Gasteiger partial charge is 0.254 e. The molecule has 6 heteroatoms. The van der Waals surface area contributed by atoms with Crippen LogP contribution in [0.25, 0.3) is 0 Å². The zero-order valence-corrected chi connectivity index (χ0v) is 15.8. The number of hydrogen-bond donors (Lipinski definition) is 1. The largest absolute Gasteiger partial charge is 0.381 e. The van der Waals surface area contributed by atoms with Crippen molar-refractivity contribution in [1.29, 1.82) is 0 Å². The maximum Gasteiger partial charge on any atom is 0.254 e. The van der Waals surface area contributed by atoms with Crippen LogP contribution in [-0.4, -0.2) is 32.8 Å². The Bertz CT molecular complexity index is 899. The van der Waals surface area contributed by atoms with Gasteiger partial charge in [0.05, 0.1) is 11.7 Å². The highest BCUT2D eigenvalue weighted by Crippen LogP contribution is 2.24. The van der Waals surface area contributed by atoms with E-state index in [4.69, 9.17) is 0 Å². The van der Waals surface area contributed by atoms with Crippen LogP contribution in [0, 0.1) is 6.92 Å². The molecule has 0 bridgehead atoms. The first-order valence-corrected chi connectivity index (χ1v) is 8.83. The molecule has 1 N–H and O–H groups in total. The number of rotatable bonds is 6. The van der Waals surface area contributed by atoms with Crippen LogP contribution >= 0.6 is 0 Å². The predicted octanol–water partition coefficient (Wildman–Crippen LogP) is 3.63. The first-order valence-electron chi connectivity index (χ1n) is 8.83. The molecule has 6 nitrogen and oxygen atoms in total. The third-order valence-electron chi connectivity index (χ3n) is 4.70. The number of carbonyl (C=O) groups is 1. The molecule has 138 valence electrons. The summed E-state index contributed by atoms with van der Waals surface area (Å²) < 4.78 is 0. The van der Waals surface area contributed by atoms with E-state index in [-0.39, 0.29) is 11.9 Å². The Morgan fingerprint density at radius 2 is 2.00 bits per heavy atom. The van der Waals surface area contributed by atoms with E-state index in [9.17, 15) is 4.79 Å². The maximum absolute atomic E-state index is 13.1. The summed E-state index contributed by atoms with van der Waals surface area (Å²) in [5, 5.41) is 3.39. The molecule has 2 aromatic heterocycles. The Hall–Kier alpha value is -3.28. The topological polar surface area (TPSA) is 71.0 Å². The van der Waals surface area contributed by atoms with Crippen molar-refractivity contribution < 1.29 is 4.79 Å². The number of aromatic nitrogens is 3. The fourth-order valence-corrected chi connectivity index (χ4v) is 2.87. The van der Waals surface area contributed by atoms with Gasteiger partial charge >= 0.3 is 0 Å². The summed E-state index contributed by atoms with van der Waals surface area (Å²) in [4.78, 5) is 27.1. The van der Waals surface area contributed by atoms with Gasteiger partial charge in [0.1, 0.15) is 6.33 Å². The molecule has 1 unspecified atom stereocenters. The van der Waals surface area contributed by atoms with E-state index in [1.54, 1.807) is 24.3 Å². The van der Waals surface area contributed by atoms with Crippen LogP contribution in [0.4, 0.5) is 5.69 Å². The average molecular weight is 361 g/mol. The molecule has 3 rings (SSSR count). The lowest BCUT2D eigenvalue weighted by Crippen LogP contribution is -2.30. The summed E-state index contributed by atoms with van der Waals surface area (Å²) in [5.74, 6) is -0.0383. The van der Waals surface area contributed by atoms with Gasteiger partial charge in [0.25, 0.3) is 5.91 Å². The lowest BCUT2D eigenvalue weighted by atomic mass is 10.0. The monoisotopic (exact) mass is 361 g/mol. The molecule has 1 amide bonds. The second-order valence-corrected chi connectivity index (χ2v) is 6.42. The number of carbonyl (C=O) groups excluding carboxylic acids is 1. The summed E-state index contributed by atoms with van der Waals surface area (Å²) in [6.07, 6.45) is 6.76. The van der Waals surface area contributed by atoms with Crippen molar-refractivity contribution in [3.63, 3.8) is 0 Å². The zero-order chi connectivity index (χ0) is 19.2. The minimum absolute atomic E-state index is 0.0383. The van der Waals surface area contributed by atoms with Crippen LogP contribution in [0.3, 0.4) is 0 Å². The summed E-state index contributed by atoms with van der Waals surface area (Å²) in [5.41, 5.74) is 4.43. The first kappa shape index (κ1) is 18.5. The lowest BCUT2D eigenvalue weighted by molar-refractivity contribution is 0.0739. The fraction of sp³-hybridized carbons (Fsp3) is 0.238. The van der Waals surface area contributed by atoms with Crippen molar-refractivity contribution in [3.05, 3.63) is 83.7 Å². The molecule has 0 saturated heterocycles. The molecular formula is C21H23N5O. The first-order chi connectivity index (χ1) is 13.1. The standard InChI is InChI=1S/C21H23N5O/c1-15-18(21(27)26(3)16(2)20-9-11-23-14-25-20)7-4-8-19(15)24-13-17-6-5-10-22-12-17/h4-12,14,16,24H,13H2,1-3H3. The van der Waals surface area contributed by atoms with Gasteiger partial charge in [0.2, 0.25) is 0 Å². The quantitative estimate of drug-likeness (QED) is 0.726. The van der Waals surface area contributed by atoms with E-state index in [0.717, 1.165) is 22.5 Å². The number of anilines is 1. The van der Waals surface area contributed by atoms with Crippen LogP contribution in [0.15, 0.2) is 61.3 Å². The molecular weight excluding hydrogens is 338 g/mol. The van der Waals surface area contributed by atoms with Crippen LogP contribution in [0.1, 0.15) is 40.1 Å². The maximum atomic E-state index is 13.1. The molecule has 0 spiro atoms. The minimum Gasteiger partial charge on any atom is -0.381 e. The van der Waals surface area contributed by atoms with E-state index in [1.807, 2.05) is 56.4 Å². The lowest BCUT2D eigenvalue weighted by Gasteiger charge is -2.25. The Morgan fingerprint density at radius 1 is 1.15 bits per heavy atom. The van der Waals surface area contributed by atoms with Crippen molar-refractivity contribution >= 4 is 11.6 Å². The number of amides is 1. The molecule has 3 aromatic rings. The second-order valence-electron chi connectivity index (χ2n) is 6.42. The van der Waals surface area contributed by atoms with Crippen molar-refractivity contribution in [2.24, 2.45) is 0 Å². The number of hydrogen-bond acceptors (Lipinski definition) is 5. The number of nitrogens with one attached hydrogen (secondary N) is 1. The molecule has 0 saturated carbocycles. The Balaban J connectivity index is 1.77. The van der Waals surface area contributed by atoms with Crippen LogP contribution in [0.2, 0.25) is 0 Å². The molecule has 27 heavy (non-hydrogen) atoms. The van der Waals surface area contributed by atoms with Crippen molar-refractivity contribution in [3.8, 4) is 0 Å². The summed E-state index contributed by atoms with van der Waals surface area (Å²) >= 11 is 0. The van der Waals surface area contributed by atoms with Gasteiger partial charge in [-0.25, -0.2) is 9.97 Å². The van der Waals surface area contributed by atoms with E-state index >= 15 is 0 Å². The molecule has 1 aromatic carbocycles. The Labute approximate surface area is 159 Å². The number of pyridine rings is 1. The minimum atomic E-state index is -0.146. The Kier molecular flexibility index (Phi) is 5.76. The van der Waals surface area contributed by atoms with Gasteiger partial charge in [-0.15, -0.1) is 0 Å². The average Bonchev–Trinajstić information content (AvgIpc) is 2.73. The molecule has 0 radical (unpaired) electrons. The van der Waals surface area contributed by atoms with E-state index in [1.165, 1.54) is 6.33 Å². The normalized spacial score (nSPS) is 11.7. The van der Waals surface area contributed by atoms with Crippen LogP contribution in [-0.2, 0) is 6.54 Å². The van der Waals surface area contributed by atoms with E-state index < -0.39 is 0 Å². The molecule has 0 aliphatic heterocycles. The second kappa shape index (κ2) is 8.40. The highest BCUT2D eigenvalue weighted by molar-refractivity contribution is 5.97. The SMILES string of the molecule is Cc1c(NCc2cccnc2)cccc1C(=O)N(C)C(C)c1ccncn1. The molecule has 0 fully saturated rings. The Morgan fingerprint density at radius 3 is 2.70 bits per heavy atom. The number of nitrogens with zero attached hydrogens (tertiary/aromatic N) is 4. The van der Waals surface area contributed by atoms with Gasteiger partial charge in [0.15, 0.2) is 0 Å². The third kappa shape index (κ3) is 4.28. The molecule has 0 aliphatic rings. The molecule has 1 atom stereocenters. The fourth-order valence-electron chi connectivity index (χ4n) is 2.87. The van der Waals surface area contributed by atoms with E-state index in [0.29, 0.717) is 12.1 Å².